The van der Waals surface area contributed by atoms with Crippen molar-refractivity contribution in [2.45, 2.75) is 6.92 Å². The van der Waals surface area contributed by atoms with E-state index in [-0.39, 0.29) is 18.3 Å². The summed E-state index contributed by atoms with van der Waals surface area (Å²) < 4.78 is 0. The molecule has 0 aromatic rings. The molecule has 0 radical (unpaired) electrons. The number of halogens is 1. The lowest BCUT2D eigenvalue weighted by atomic mass is 10.2. The zero-order valence-corrected chi connectivity index (χ0v) is 5.16. The van der Waals surface area contributed by atoms with Crippen LogP contribution in [0, 0.1) is 18.3 Å². The van der Waals surface area contributed by atoms with Crippen LogP contribution in [0.3, 0.4) is 0 Å². The minimum Gasteiger partial charge on any atom is -0.329 e. The summed E-state index contributed by atoms with van der Waals surface area (Å²) in [7, 11) is 0. The minimum atomic E-state index is 0. The molecule has 0 aliphatic rings. The minimum absolute atomic E-state index is 0. The second-order valence-electron chi connectivity index (χ2n) is 1.30. The van der Waals surface area contributed by atoms with E-state index in [4.69, 9.17) is 12.2 Å². The zero-order valence-electron chi connectivity index (χ0n) is 4.35. The molecule has 0 aromatic heterocycles. The highest BCUT2D eigenvalue weighted by atomic mass is 35.5. The molecule has 0 saturated carbocycles. The second-order valence-corrected chi connectivity index (χ2v) is 1.30. The van der Waals surface area contributed by atoms with Crippen LogP contribution in [0.2, 0.25) is 0 Å². The van der Waals surface area contributed by atoms with Gasteiger partial charge in [0.25, 0.3) is 0 Å². The Hall–Kier alpha value is -0.190. The molecule has 0 amide bonds. The van der Waals surface area contributed by atoms with E-state index in [1.807, 2.05) is 6.92 Å². The Kier molecular flexibility index (Phi) is 8.25. The van der Waals surface area contributed by atoms with Crippen molar-refractivity contribution >= 4 is 12.4 Å². The molecule has 7 heavy (non-hydrogen) atoms. The van der Waals surface area contributed by atoms with Crippen LogP contribution in [0.1, 0.15) is 6.92 Å². The van der Waals surface area contributed by atoms with Gasteiger partial charge in [-0.25, -0.2) is 0 Å². The van der Waals surface area contributed by atoms with Crippen LogP contribution in [-0.2, 0) is 0 Å². The van der Waals surface area contributed by atoms with Crippen molar-refractivity contribution in [1.82, 2.24) is 0 Å². The molecule has 0 rings (SSSR count). The summed E-state index contributed by atoms with van der Waals surface area (Å²) in [6, 6.07) is 0. The molecule has 42 valence electrons. The third kappa shape index (κ3) is 5.81. The van der Waals surface area contributed by atoms with Crippen molar-refractivity contribution in [3.8, 4) is 12.3 Å². The number of rotatable bonds is 1. The average molecular weight is 120 g/mol. The molecule has 0 aliphatic heterocycles. The van der Waals surface area contributed by atoms with E-state index >= 15 is 0 Å². The van der Waals surface area contributed by atoms with Gasteiger partial charge in [-0.3, -0.25) is 0 Å². The summed E-state index contributed by atoms with van der Waals surface area (Å²) in [6.07, 6.45) is 4.95. The van der Waals surface area contributed by atoms with Gasteiger partial charge < -0.3 is 5.73 Å². The lowest BCUT2D eigenvalue weighted by Crippen LogP contribution is -2.07. The zero-order chi connectivity index (χ0) is 4.99. The lowest BCUT2D eigenvalue weighted by Gasteiger charge is -1.91. The molecule has 0 fully saturated rings. The quantitative estimate of drug-likeness (QED) is 0.504. The fourth-order valence-corrected chi connectivity index (χ4v) is 0.0680. The summed E-state index contributed by atoms with van der Waals surface area (Å²) in [6.45, 7) is 2.51. The van der Waals surface area contributed by atoms with Gasteiger partial charge in [0.05, 0.1) is 0 Å². The Morgan fingerprint density at radius 3 is 2.29 bits per heavy atom. The second kappa shape index (κ2) is 5.81. The molecule has 0 saturated heterocycles. The van der Waals surface area contributed by atoms with E-state index in [0.29, 0.717) is 6.54 Å². The molecule has 0 aliphatic carbocycles. The largest absolute Gasteiger partial charge is 0.329 e. The fraction of sp³-hybridized carbons (Fsp3) is 0.600. The van der Waals surface area contributed by atoms with Gasteiger partial charge in [0.15, 0.2) is 0 Å². The maximum absolute atomic E-state index is 5.14. The van der Waals surface area contributed by atoms with Crippen LogP contribution in [0.15, 0.2) is 0 Å². The van der Waals surface area contributed by atoms with Crippen molar-refractivity contribution in [2.75, 3.05) is 6.54 Å². The predicted octanol–water partition coefficient (Wildman–Crippen LogP) is 0.636. The lowest BCUT2D eigenvalue weighted by molar-refractivity contribution is 0.767. The molecule has 1 nitrogen and oxygen atoms in total. The van der Waals surface area contributed by atoms with Gasteiger partial charge in [-0.05, 0) is 0 Å². The Balaban J connectivity index is 0. The van der Waals surface area contributed by atoms with Crippen molar-refractivity contribution in [3.63, 3.8) is 0 Å². The predicted molar refractivity (Wildman–Crippen MR) is 34.3 cm³/mol. The third-order valence-corrected chi connectivity index (χ3v) is 0.638. The summed E-state index contributed by atoms with van der Waals surface area (Å²) in [5, 5.41) is 0. The first-order valence-corrected chi connectivity index (χ1v) is 1.97. The molecule has 0 spiro atoms. The van der Waals surface area contributed by atoms with Crippen LogP contribution in [0.5, 0.6) is 0 Å². The van der Waals surface area contributed by atoms with Gasteiger partial charge >= 0.3 is 0 Å². The number of terminal acetylenes is 1. The average Bonchev–Trinajstić information content (AvgIpc) is 1.65. The topological polar surface area (TPSA) is 26.0 Å². The maximum Gasteiger partial charge on any atom is 0.0294 e. The van der Waals surface area contributed by atoms with Crippen LogP contribution >= 0.6 is 12.4 Å². The Morgan fingerprint density at radius 2 is 2.29 bits per heavy atom. The van der Waals surface area contributed by atoms with Crippen LogP contribution < -0.4 is 5.73 Å². The first-order chi connectivity index (χ1) is 2.81. The van der Waals surface area contributed by atoms with Crippen LogP contribution in [0.25, 0.3) is 0 Å². The number of hydrogen-bond donors (Lipinski definition) is 1. The normalized spacial score (nSPS) is 11.0. The maximum atomic E-state index is 5.14. The molecular weight excluding hydrogens is 110 g/mol. The molecule has 2 heteroatoms. The van der Waals surface area contributed by atoms with E-state index in [1.165, 1.54) is 0 Å². The highest BCUT2D eigenvalue weighted by molar-refractivity contribution is 5.85. The molecular formula is C5H10ClN. The van der Waals surface area contributed by atoms with Crippen molar-refractivity contribution in [3.05, 3.63) is 0 Å². The summed E-state index contributed by atoms with van der Waals surface area (Å²) >= 11 is 0. The van der Waals surface area contributed by atoms with Gasteiger partial charge in [-0.1, -0.05) is 6.92 Å². The SMILES string of the molecule is C#CC(C)CN.Cl. The van der Waals surface area contributed by atoms with E-state index in [9.17, 15) is 0 Å². The van der Waals surface area contributed by atoms with E-state index in [1.54, 1.807) is 0 Å². The Bertz CT molecular complexity index is 65.0. The first-order valence-electron chi connectivity index (χ1n) is 1.97. The highest BCUT2D eigenvalue weighted by Gasteiger charge is 1.85. The van der Waals surface area contributed by atoms with Gasteiger partial charge in [0, 0.05) is 12.5 Å². The molecule has 0 aromatic carbocycles. The third-order valence-electron chi connectivity index (χ3n) is 0.638. The van der Waals surface area contributed by atoms with E-state index < -0.39 is 0 Å². The monoisotopic (exact) mass is 119 g/mol. The molecule has 1 atom stereocenters. The van der Waals surface area contributed by atoms with Gasteiger partial charge in [0.1, 0.15) is 0 Å². The Morgan fingerprint density at radius 1 is 1.86 bits per heavy atom. The number of nitrogens with two attached hydrogens (primary N) is 1. The van der Waals surface area contributed by atoms with Crippen LogP contribution in [-0.4, -0.2) is 6.54 Å². The molecule has 1 unspecified atom stereocenters. The standard InChI is InChI=1S/C5H9N.ClH/c1-3-5(2)4-6;/h1,5H,4,6H2,2H3;1H. The van der Waals surface area contributed by atoms with Crippen LogP contribution in [0.4, 0.5) is 0 Å². The number of hydrogen-bond acceptors (Lipinski definition) is 1. The van der Waals surface area contributed by atoms with E-state index in [2.05, 4.69) is 5.92 Å². The van der Waals surface area contributed by atoms with Gasteiger partial charge in [-0.2, -0.15) is 0 Å². The molecule has 0 bridgehead atoms. The summed E-state index contributed by atoms with van der Waals surface area (Å²) in [4.78, 5) is 0. The van der Waals surface area contributed by atoms with Crippen molar-refractivity contribution in [2.24, 2.45) is 11.7 Å². The van der Waals surface area contributed by atoms with Gasteiger partial charge in [-0.15, -0.1) is 24.8 Å². The molecule has 0 heterocycles. The Labute approximate surface area is 50.7 Å². The molecule has 2 N–H and O–H groups in total. The van der Waals surface area contributed by atoms with Crippen molar-refractivity contribution in [1.29, 1.82) is 0 Å². The van der Waals surface area contributed by atoms with E-state index in [0.717, 1.165) is 0 Å². The summed E-state index contributed by atoms with van der Waals surface area (Å²) in [5.74, 6) is 2.73. The van der Waals surface area contributed by atoms with Crippen molar-refractivity contribution < 1.29 is 0 Å². The smallest absolute Gasteiger partial charge is 0.0294 e. The first kappa shape index (κ1) is 9.94. The fourth-order valence-electron chi connectivity index (χ4n) is 0.0680. The highest BCUT2D eigenvalue weighted by Crippen LogP contribution is 1.82. The van der Waals surface area contributed by atoms with Gasteiger partial charge in [0.2, 0.25) is 0 Å². The summed E-state index contributed by atoms with van der Waals surface area (Å²) in [5.41, 5.74) is 5.14.